The number of likely N-dealkylation sites (N-methyl/N-ethyl adjacent to an activating group) is 1. The number of carboxylic acids is 1. The molecule has 0 bridgehead atoms. The number of carboxylic acid groups (broad SMARTS) is 1. The summed E-state index contributed by atoms with van der Waals surface area (Å²) in [6.45, 7) is 30.4. The third-order valence-corrected chi connectivity index (χ3v) is 18.5. The van der Waals surface area contributed by atoms with Gasteiger partial charge in [-0.05, 0) is 135 Å². The molecule has 0 aromatic rings. The first-order valence-corrected chi connectivity index (χ1v) is 20.9. The van der Waals surface area contributed by atoms with Crippen LogP contribution in [0.4, 0.5) is 0 Å². The monoisotopic (exact) mass is 707 g/mol. The van der Waals surface area contributed by atoms with Crippen LogP contribution in [0.15, 0.2) is 12.2 Å². The second-order valence-corrected chi connectivity index (χ2v) is 20.9. The van der Waals surface area contributed by atoms with Crippen LogP contribution in [0, 0.1) is 73.9 Å². The van der Waals surface area contributed by atoms with Crippen LogP contribution in [0.2, 0.25) is 0 Å². The lowest BCUT2D eigenvalue weighted by atomic mass is 9.32. The van der Waals surface area contributed by atoms with Gasteiger partial charge in [-0.3, -0.25) is 14.4 Å². The number of hydrogen-bond donors (Lipinski definition) is 1. The number of esters is 1. The van der Waals surface area contributed by atoms with Crippen LogP contribution in [-0.4, -0.2) is 71.6 Å². The van der Waals surface area contributed by atoms with Crippen molar-refractivity contribution >= 4 is 17.8 Å². The summed E-state index contributed by atoms with van der Waals surface area (Å²) in [4.78, 5) is 44.7. The van der Waals surface area contributed by atoms with Crippen molar-refractivity contribution in [3.63, 3.8) is 0 Å². The number of piperazine rings is 1. The van der Waals surface area contributed by atoms with Gasteiger partial charge in [0.1, 0.15) is 6.10 Å². The second kappa shape index (κ2) is 12.3. The minimum Gasteiger partial charge on any atom is -0.481 e. The minimum atomic E-state index is -0.838. The van der Waals surface area contributed by atoms with Crippen LogP contribution in [0.25, 0.3) is 0 Å². The van der Waals surface area contributed by atoms with E-state index in [0.29, 0.717) is 35.5 Å². The smallest absolute Gasteiger partial charge is 0.310 e. The number of amides is 1. The van der Waals surface area contributed by atoms with E-state index < -0.39 is 5.97 Å². The first-order valence-electron chi connectivity index (χ1n) is 20.9. The number of ether oxygens (including phenoxy) is 1. The Morgan fingerprint density at radius 2 is 1.47 bits per heavy atom. The molecule has 0 aromatic heterocycles. The highest BCUT2D eigenvalue weighted by molar-refractivity contribution is 5.84. The summed E-state index contributed by atoms with van der Waals surface area (Å²) >= 11 is 0. The van der Waals surface area contributed by atoms with Gasteiger partial charge >= 0.3 is 11.9 Å². The van der Waals surface area contributed by atoms with E-state index in [1.807, 2.05) is 13.8 Å². The summed E-state index contributed by atoms with van der Waals surface area (Å²) in [5, 5.41) is 9.44. The Labute approximate surface area is 309 Å². The third-order valence-electron chi connectivity index (χ3n) is 18.5. The van der Waals surface area contributed by atoms with E-state index >= 15 is 0 Å². The van der Waals surface area contributed by atoms with Crippen molar-refractivity contribution in [1.29, 1.82) is 0 Å². The van der Waals surface area contributed by atoms with Gasteiger partial charge in [-0.25, -0.2) is 0 Å². The Kier molecular flexibility index (Phi) is 9.04. The van der Waals surface area contributed by atoms with E-state index in [-0.39, 0.29) is 62.8 Å². The summed E-state index contributed by atoms with van der Waals surface area (Å²) in [6, 6.07) is 0. The maximum absolute atomic E-state index is 14.8. The summed E-state index contributed by atoms with van der Waals surface area (Å²) in [5.74, 6) is 1.37. The Balaban J connectivity index is 1.13. The molecule has 1 unspecified atom stereocenters. The predicted molar refractivity (Wildman–Crippen MR) is 201 cm³/mol. The highest BCUT2D eigenvalue weighted by Crippen LogP contribution is 2.78. The number of allylic oxidation sites excluding steroid dienone is 1. The molecule has 12 atom stereocenters. The fourth-order valence-electron chi connectivity index (χ4n) is 15.3. The number of hydrogen-bond acceptors (Lipinski definition) is 5. The lowest BCUT2D eigenvalue weighted by Crippen LogP contribution is -2.67. The molecule has 1 amide bonds. The Hall–Kier alpha value is -1.89. The van der Waals surface area contributed by atoms with Crippen molar-refractivity contribution < 1.29 is 24.2 Å². The van der Waals surface area contributed by atoms with Crippen LogP contribution in [0.5, 0.6) is 0 Å². The van der Waals surface area contributed by atoms with Gasteiger partial charge in [0.2, 0.25) is 5.91 Å². The first-order chi connectivity index (χ1) is 23.8. The summed E-state index contributed by atoms with van der Waals surface area (Å²) in [5.41, 5.74) is 1.08. The fraction of sp³-hybridized carbons (Fsp3) is 0.886. The largest absolute Gasteiger partial charge is 0.481 e. The maximum Gasteiger partial charge on any atom is 0.310 e. The highest BCUT2D eigenvalue weighted by Gasteiger charge is 2.72. The number of carbonyl (C=O) groups excluding carboxylic acids is 2. The van der Waals surface area contributed by atoms with Crippen molar-refractivity contribution in [2.24, 2.45) is 73.9 Å². The van der Waals surface area contributed by atoms with E-state index in [0.717, 1.165) is 77.7 Å². The van der Waals surface area contributed by atoms with Crippen LogP contribution in [0.3, 0.4) is 0 Å². The van der Waals surface area contributed by atoms with Crippen LogP contribution in [0.1, 0.15) is 133 Å². The number of nitrogens with zero attached hydrogens (tertiary/aromatic N) is 2. The summed E-state index contributed by atoms with van der Waals surface area (Å²) < 4.78 is 6.44. The van der Waals surface area contributed by atoms with Gasteiger partial charge in [0.25, 0.3) is 0 Å². The molecule has 1 aliphatic heterocycles. The van der Waals surface area contributed by atoms with E-state index in [1.165, 1.54) is 24.8 Å². The van der Waals surface area contributed by atoms with Crippen molar-refractivity contribution in [2.75, 3.05) is 32.7 Å². The second-order valence-electron chi connectivity index (χ2n) is 20.9. The number of aliphatic carboxylic acids is 1. The van der Waals surface area contributed by atoms with Crippen molar-refractivity contribution in [3.8, 4) is 0 Å². The van der Waals surface area contributed by atoms with Crippen molar-refractivity contribution in [1.82, 2.24) is 9.80 Å². The lowest BCUT2D eigenvalue weighted by molar-refractivity contribution is -0.250. The maximum atomic E-state index is 14.8. The zero-order chi connectivity index (χ0) is 37.1. The van der Waals surface area contributed by atoms with Gasteiger partial charge in [-0.2, -0.15) is 0 Å². The molecule has 1 N–H and O–H groups in total. The number of rotatable bonds is 7. The quantitative estimate of drug-likeness (QED) is 0.211. The Morgan fingerprint density at radius 1 is 0.784 bits per heavy atom. The van der Waals surface area contributed by atoms with Crippen LogP contribution in [-0.2, 0) is 19.1 Å². The lowest BCUT2D eigenvalue weighted by Gasteiger charge is -2.73. The van der Waals surface area contributed by atoms with Gasteiger partial charge in [0.15, 0.2) is 0 Å². The van der Waals surface area contributed by atoms with Gasteiger partial charge in [-0.15, -0.1) is 0 Å². The van der Waals surface area contributed by atoms with Gasteiger partial charge in [0, 0.05) is 38.0 Å². The molecule has 7 fully saturated rings. The summed E-state index contributed by atoms with van der Waals surface area (Å²) in [7, 11) is 0. The normalized spacial score (nSPS) is 46.9. The molecule has 6 aliphatic carbocycles. The van der Waals surface area contributed by atoms with E-state index in [2.05, 4.69) is 64.8 Å². The zero-order valence-corrected chi connectivity index (χ0v) is 33.6. The standard InChI is InChI=1S/C44H70N2O5/c1-11-45-22-24-46(25-23-45)38(50)44-19-14-28(27(2)3)35(44)29-12-13-32-41(8)17-16-33(51-37(49)36-30(26-34(47)48)39(36,4)5)40(6,7)31(41)15-18-43(32,10)42(29,9)20-21-44/h28-33,35-36H,2,11-26H2,1,3-10H3,(H,47,48)/t28-,29+,30+,31-,32?,33-,35+,36+,41-,42+,43+,44-/m0/s1. The highest BCUT2D eigenvalue weighted by atomic mass is 16.5. The molecular formula is C44H70N2O5. The molecule has 286 valence electrons. The molecular weight excluding hydrogens is 636 g/mol. The molecule has 0 aromatic carbocycles. The molecule has 1 saturated heterocycles. The number of fused-ring (bicyclic) bond motifs is 7. The van der Waals surface area contributed by atoms with E-state index in [9.17, 15) is 19.5 Å². The molecule has 1 heterocycles. The van der Waals surface area contributed by atoms with Gasteiger partial charge in [-0.1, -0.05) is 67.5 Å². The van der Waals surface area contributed by atoms with Gasteiger partial charge < -0.3 is 19.6 Å². The van der Waals surface area contributed by atoms with Crippen molar-refractivity contribution in [2.45, 2.75) is 139 Å². The minimum absolute atomic E-state index is 0.0285. The molecule has 51 heavy (non-hydrogen) atoms. The molecule has 0 radical (unpaired) electrons. The molecule has 6 saturated carbocycles. The average Bonchev–Trinajstić information content (AvgIpc) is 3.38. The van der Waals surface area contributed by atoms with Crippen LogP contribution >= 0.6 is 0 Å². The summed E-state index contributed by atoms with van der Waals surface area (Å²) in [6.07, 6.45) is 10.9. The number of carbonyl (C=O) groups is 3. The molecule has 0 spiro atoms. The third kappa shape index (κ3) is 5.29. The van der Waals surface area contributed by atoms with Crippen LogP contribution < -0.4 is 0 Å². The Morgan fingerprint density at radius 3 is 2.10 bits per heavy atom. The molecule has 7 nitrogen and oxygen atoms in total. The average molecular weight is 707 g/mol. The fourth-order valence-corrected chi connectivity index (χ4v) is 15.3. The topological polar surface area (TPSA) is 87.2 Å². The van der Waals surface area contributed by atoms with E-state index in [4.69, 9.17) is 4.74 Å². The SMILES string of the molecule is C=C(C)[C@@H]1CC[C@]2(C(=O)N3CCN(CC)CC3)CC[C@]3(C)[C@H](CCC4[C@@]5(C)CC[C@H](OC(=O)[C@H]6[C@@H](CC(=O)O)C6(C)C)C(C)(C)[C@@H]5CC[C@]43C)[C@@H]12. The van der Waals surface area contributed by atoms with Crippen molar-refractivity contribution in [3.05, 3.63) is 12.2 Å². The molecule has 7 rings (SSSR count). The zero-order valence-electron chi connectivity index (χ0n) is 33.6. The molecule has 7 heteroatoms. The molecule has 7 aliphatic rings. The predicted octanol–water partition coefficient (Wildman–Crippen LogP) is 8.47. The van der Waals surface area contributed by atoms with E-state index in [1.54, 1.807) is 0 Å². The first kappa shape index (κ1) is 37.4. The van der Waals surface area contributed by atoms with Gasteiger partial charge in [0.05, 0.1) is 11.3 Å². The Bertz CT molecular complexity index is 1450.